The van der Waals surface area contributed by atoms with Gasteiger partial charge in [0.25, 0.3) is 12.0 Å². The molecule has 1 N–H and O–H groups in total. The molecule has 0 aliphatic carbocycles. The molecule has 39 heavy (non-hydrogen) atoms. The van der Waals surface area contributed by atoms with Crippen molar-refractivity contribution in [3.8, 4) is 0 Å². The topological polar surface area (TPSA) is 96.7 Å². The van der Waals surface area contributed by atoms with Crippen LogP contribution in [0.15, 0.2) is 50.2 Å². The van der Waals surface area contributed by atoms with Gasteiger partial charge in [-0.1, -0.05) is 12.1 Å². The Morgan fingerprint density at radius 1 is 1.15 bits per heavy atom. The number of hydrogen-bond acceptors (Lipinski definition) is 8. The molecule has 6 heterocycles. The van der Waals surface area contributed by atoms with Crippen LogP contribution >= 0.6 is 15.9 Å². The van der Waals surface area contributed by atoms with Crippen molar-refractivity contribution in [2.24, 2.45) is 0 Å². The van der Waals surface area contributed by atoms with Gasteiger partial charge in [0.2, 0.25) is 0 Å². The normalized spacial score (nSPS) is 20.5. The highest BCUT2D eigenvalue weighted by Gasteiger charge is 2.50. The Kier molecular flexibility index (Phi) is 7.02. The number of morpholine rings is 1. The van der Waals surface area contributed by atoms with E-state index in [4.69, 9.17) is 13.9 Å². The smallest absolute Gasteiger partial charge is 0.297 e. The van der Waals surface area contributed by atoms with Crippen LogP contribution in [0, 0.1) is 0 Å². The number of H-pyrrole nitrogens is 1. The molecule has 0 amide bonds. The van der Waals surface area contributed by atoms with Crippen molar-refractivity contribution in [3.63, 3.8) is 0 Å². The Morgan fingerprint density at radius 2 is 1.92 bits per heavy atom. The molecule has 0 radical (unpaired) electrons. The summed E-state index contributed by atoms with van der Waals surface area (Å²) in [5.41, 5.74) is 2.00. The summed E-state index contributed by atoms with van der Waals surface area (Å²) in [6, 6.07) is 9.33. The fraction of sp³-hybridized carbons (Fsp3) is 0.444. The highest BCUT2D eigenvalue weighted by atomic mass is 79.9. The van der Waals surface area contributed by atoms with Crippen LogP contribution in [-0.4, -0.2) is 66.0 Å². The van der Waals surface area contributed by atoms with Crippen LogP contribution in [0.4, 0.5) is 20.3 Å². The molecule has 9 nitrogen and oxygen atoms in total. The number of aromatic nitrogens is 3. The number of alkyl halides is 2. The number of pyridine rings is 1. The van der Waals surface area contributed by atoms with Crippen LogP contribution in [0.1, 0.15) is 32.0 Å². The Bertz CT molecular complexity index is 1550. The molecule has 1 spiro atoms. The average Bonchev–Trinajstić information content (AvgIpc) is 3.58. The summed E-state index contributed by atoms with van der Waals surface area (Å²) >= 11 is 3.39. The van der Waals surface area contributed by atoms with E-state index in [9.17, 15) is 13.6 Å². The quantitative estimate of drug-likeness (QED) is 0.348. The summed E-state index contributed by atoms with van der Waals surface area (Å²) < 4.78 is 44.0. The van der Waals surface area contributed by atoms with E-state index < -0.39 is 12.2 Å². The zero-order valence-electron chi connectivity index (χ0n) is 21.3. The molecule has 4 aromatic rings. The minimum Gasteiger partial charge on any atom is -0.450 e. The number of halogens is 3. The number of furan rings is 1. The first kappa shape index (κ1) is 26.1. The number of rotatable bonds is 3. The molecule has 1 unspecified atom stereocenters. The lowest BCUT2D eigenvalue weighted by molar-refractivity contribution is -0.228. The van der Waals surface area contributed by atoms with Gasteiger partial charge in [-0.25, -0.2) is 18.7 Å². The van der Waals surface area contributed by atoms with Gasteiger partial charge in [-0.3, -0.25) is 4.79 Å². The molecule has 206 valence electrons. The number of anilines is 2. The predicted octanol–water partition coefficient (Wildman–Crippen LogP) is 5.05. The second kappa shape index (κ2) is 10.5. The average molecular weight is 604 g/mol. The number of aromatic amines is 1. The lowest BCUT2D eigenvalue weighted by Gasteiger charge is -2.53. The lowest BCUT2D eigenvalue weighted by Crippen LogP contribution is -2.68. The molecular formula is C27H28BrF2N5O4. The fourth-order valence-electron chi connectivity index (χ4n) is 5.40. The molecule has 1 atom stereocenters. The van der Waals surface area contributed by atoms with E-state index in [1.54, 1.807) is 6.20 Å². The van der Waals surface area contributed by atoms with Gasteiger partial charge in [-0.2, -0.15) is 0 Å². The molecule has 1 aromatic carbocycles. The molecule has 0 saturated carbocycles. The van der Waals surface area contributed by atoms with Crippen molar-refractivity contribution in [2.45, 2.75) is 37.8 Å². The maximum atomic E-state index is 13.1. The second-order valence-corrected chi connectivity index (χ2v) is 10.9. The number of nitrogens with zero attached hydrogens (tertiary/aromatic N) is 4. The number of ether oxygens (including phenoxy) is 2. The molecule has 0 bridgehead atoms. The summed E-state index contributed by atoms with van der Waals surface area (Å²) in [6.07, 6.45) is 1.04. The van der Waals surface area contributed by atoms with E-state index >= 15 is 0 Å². The third-order valence-electron chi connectivity index (χ3n) is 7.62. The second-order valence-electron chi connectivity index (χ2n) is 9.98. The van der Waals surface area contributed by atoms with Gasteiger partial charge in [-0.05, 0) is 53.9 Å². The summed E-state index contributed by atoms with van der Waals surface area (Å²) in [7, 11) is 0. The van der Waals surface area contributed by atoms with Crippen molar-refractivity contribution in [3.05, 3.63) is 57.2 Å². The van der Waals surface area contributed by atoms with Crippen LogP contribution in [0.3, 0.4) is 0 Å². The summed E-state index contributed by atoms with van der Waals surface area (Å²) in [5, 5.41) is 0.747. The van der Waals surface area contributed by atoms with Gasteiger partial charge in [0.05, 0.1) is 25.9 Å². The monoisotopic (exact) mass is 603 g/mol. The molecule has 3 aliphatic heterocycles. The number of para-hydroxylation sites is 1. The summed E-state index contributed by atoms with van der Waals surface area (Å²) in [6.45, 7) is 6.27. The largest absolute Gasteiger partial charge is 0.450 e. The zero-order chi connectivity index (χ0) is 27.1. The minimum atomic E-state index is -2.69. The highest BCUT2D eigenvalue weighted by Crippen LogP contribution is 2.36. The number of hydrogen-bond donors (Lipinski definition) is 1. The van der Waals surface area contributed by atoms with Crippen molar-refractivity contribution < 1.29 is 22.7 Å². The van der Waals surface area contributed by atoms with Gasteiger partial charge in [0.1, 0.15) is 22.4 Å². The third kappa shape index (κ3) is 4.78. The Labute approximate surface area is 231 Å². The molecule has 3 fully saturated rings. The van der Waals surface area contributed by atoms with E-state index in [2.05, 4.69) is 42.7 Å². The van der Waals surface area contributed by atoms with Crippen molar-refractivity contribution in [2.75, 3.05) is 49.3 Å². The SMILES string of the molecule is CC1N(c2cc(Br)c[nH]c2=O)CCOC12COC2.FC(F)c1nc(N2CCCC2)c2oc3ccccc3c2n1. The Hall–Kier alpha value is -3.09. The number of nitrogens with one attached hydrogen (secondary N) is 1. The molecular weight excluding hydrogens is 576 g/mol. The van der Waals surface area contributed by atoms with Crippen LogP contribution in [0.2, 0.25) is 0 Å². The molecule has 12 heteroatoms. The van der Waals surface area contributed by atoms with Crippen molar-refractivity contribution >= 4 is 49.5 Å². The van der Waals surface area contributed by atoms with E-state index in [1.807, 2.05) is 35.2 Å². The molecule has 3 aromatic heterocycles. The van der Waals surface area contributed by atoms with Gasteiger partial charge in [0, 0.05) is 35.7 Å². The Morgan fingerprint density at radius 3 is 2.64 bits per heavy atom. The van der Waals surface area contributed by atoms with Crippen molar-refractivity contribution in [1.29, 1.82) is 0 Å². The Balaban J connectivity index is 0.000000144. The maximum absolute atomic E-state index is 13.1. The third-order valence-corrected chi connectivity index (χ3v) is 8.08. The number of fused-ring (bicyclic) bond motifs is 3. The van der Waals surface area contributed by atoms with Crippen LogP contribution in [0.25, 0.3) is 22.1 Å². The number of benzene rings is 1. The van der Waals surface area contributed by atoms with Gasteiger partial charge >= 0.3 is 0 Å². The van der Waals surface area contributed by atoms with E-state index in [-0.39, 0.29) is 17.2 Å². The first-order valence-corrected chi connectivity index (χ1v) is 13.7. The lowest BCUT2D eigenvalue weighted by atomic mass is 9.90. The van der Waals surface area contributed by atoms with Crippen LogP contribution < -0.4 is 15.4 Å². The van der Waals surface area contributed by atoms with Gasteiger partial charge in [-0.15, -0.1) is 0 Å². The van der Waals surface area contributed by atoms with Crippen molar-refractivity contribution in [1.82, 2.24) is 15.0 Å². The molecule has 7 rings (SSSR count). The summed E-state index contributed by atoms with van der Waals surface area (Å²) in [5.74, 6) is 0.0555. The zero-order valence-corrected chi connectivity index (χ0v) is 22.9. The molecule has 3 saturated heterocycles. The van der Waals surface area contributed by atoms with Crippen LogP contribution in [0.5, 0.6) is 0 Å². The minimum absolute atomic E-state index is 0.0673. The van der Waals surface area contributed by atoms with E-state index in [0.29, 0.717) is 48.0 Å². The first-order chi connectivity index (χ1) is 18.9. The fourth-order valence-corrected chi connectivity index (χ4v) is 5.73. The van der Waals surface area contributed by atoms with Gasteiger partial charge in [0.15, 0.2) is 17.2 Å². The highest BCUT2D eigenvalue weighted by molar-refractivity contribution is 9.10. The van der Waals surface area contributed by atoms with E-state index in [1.165, 1.54) is 0 Å². The van der Waals surface area contributed by atoms with Gasteiger partial charge < -0.3 is 28.7 Å². The predicted molar refractivity (Wildman–Crippen MR) is 147 cm³/mol. The maximum Gasteiger partial charge on any atom is 0.297 e. The summed E-state index contributed by atoms with van der Waals surface area (Å²) in [4.78, 5) is 26.8. The van der Waals surface area contributed by atoms with Crippen LogP contribution in [-0.2, 0) is 9.47 Å². The molecule has 3 aliphatic rings. The first-order valence-electron chi connectivity index (χ1n) is 13.0. The standard InChI is InChI=1S/C15H13F2N3O.C12H15BrN2O3/c16-13(17)14-18-11-9-5-1-2-6-10(9)21-12(11)15(19-14)20-7-3-4-8-20;1-8-12(6-17-7-12)18-3-2-15(8)10-4-9(13)5-14-11(10)16/h1-2,5-6,13H,3-4,7-8H2;4-5,8H,2-3,6-7H2,1H3,(H,14,16). The van der Waals surface area contributed by atoms with E-state index in [0.717, 1.165) is 42.3 Å².